The number of hydrogen-bond donors (Lipinski definition) is 2. The largest absolute Gasteiger partial charge is 0.494 e. The van der Waals surface area contributed by atoms with Crippen molar-refractivity contribution in [2.24, 2.45) is 0 Å². The van der Waals surface area contributed by atoms with Gasteiger partial charge < -0.3 is 10.5 Å². The fourth-order valence-electron chi connectivity index (χ4n) is 2.40. The molecular formula is C14H9ClFN3O4. The van der Waals surface area contributed by atoms with E-state index in [0.29, 0.717) is 0 Å². The molecule has 23 heavy (non-hydrogen) atoms. The van der Waals surface area contributed by atoms with Gasteiger partial charge in [-0.2, -0.15) is 0 Å². The molecular weight excluding hydrogens is 329 g/mol. The molecule has 0 saturated heterocycles. The zero-order chi connectivity index (χ0) is 16.9. The average molecular weight is 338 g/mol. The van der Waals surface area contributed by atoms with Gasteiger partial charge in [0.2, 0.25) is 0 Å². The van der Waals surface area contributed by atoms with Crippen LogP contribution in [0, 0.1) is 5.82 Å². The number of nitrogen functional groups attached to an aromatic ring is 1. The molecule has 0 spiro atoms. The van der Waals surface area contributed by atoms with Crippen molar-refractivity contribution in [3.8, 4) is 11.4 Å². The first-order chi connectivity index (χ1) is 10.9. The van der Waals surface area contributed by atoms with Gasteiger partial charge in [-0.3, -0.25) is 24.3 Å². The van der Waals surface area contributed by atoms with Crippen molar-refractivity contribution in [1.29, 1.82) is 0 Å². The number of halogens is 2. The third-order valence-corrected chi connectivity index (χ3v) is 3.73. The Labute approximate surface area is 133 Å². The summed E-state index contributed by atoms with van der Waals surface area (Å²) in [5, 5.41) is 1.91. The van der Waals surface area contributed by atoms with Crippen LogP contribution < -0.4 is 21.3 Å². The Bertz CT molecular complexity index is 939. The van der Waals surface area contributed by atoms with Gasteiger partial charge in [-0.15, -0.1) is 0 Å². The molecule has 0 aliphatic carbocycles. The van der Waals surface area contributed by atoms with Crippen LogP contribution in [0.1, 0.15) is 20.7 Å². The first kappa shape index (κ1) is 15.0. The molecule has 1 aliphatic heterocycles. The summed E-state index contributed by atoms with van der Waals surface area (Å²) in [6, 6.07) is 3.51. The predicted octanol–water partition coefficient (Wildman–Crippen LogP) is 1.10. The molecule has 2 amide bonds. The number of hydrogen-bond acceptors (Lipinski definition) is 5. The van der Waals surface area contributed by atoms with Crippen LogP contribution in [0.4, 0.5) is 10.2 Å². The molecule has 2 aromatic rings. The SMILES string of the molecule is COc1ccc(Cl)c(-n2c(N)c3c(cc2=O)C(=O)NC3=O)c1F. The molecule has 1 aliphatic rings. The lowest BCUT2D eigenvalue weighted by Crippen LogP contribution is -2.25. The fraction of sp³-hybridized carbons (Fsp3) is 0.0714. The molecule has 118 valence electrons. The van der Waals surface area contributed by atoms with E-state index in [2.05, 4.69) is 0 Å². The zero-order valence-electron chi connectivity index (χ0n) is 11.6. The van der Waals surface area contributed by atoms with Crippen molar-refractivity contribution < 1.29 is 18.7 Å². The van der Waals surface area contributed by atoms with Crippen LogP contribution >= 0.6 is 11.6 Å². The molecule has 0 saturated carbocycles. The van der Waals surface area contributed by atoms with Crippen LogP contribution in [0.2, 0.25) is 5.02 Å². The molecule has 1 aromatic heterocycles. The molecule has 0 radical (unpaired) electrons. The number of rotatable bonds is 2. The first-order valence-corrected chi connectivity index (χ1v) is 6.68. The Morgan fingerprint density at radius 2 is 1.96 bits per heavy atom. The number of methoxy groups -OCH3 is 1. The molecule has 0 atom stereocenters. The van der Waals surface area contributed by atoms with Gasteiger partial charge in [0, 0.05) is 6.07 Å². The zero-order valence-corrected chi connectivity index (χ0v) is 12.4. The van der Waals surface area contributed by atoms with E-state index in [9.17, 15) is 18.8 Å². The van der Waals surface area contributed by atoms with Gasteiger partial charge in [0.25, 0.3) is 17.4 Å². The van der Waals surface area contributed by atoms with Gasteiger partial charge >= 0.3 is 0 Å². The third kappa shape index (κ3) is 2.07. The second-order valence-electron chi connectivity index (χ2n) is 4.69. The summed E-state index contributed by atoms with van der Waals surface area (Å²) in [5.41, 5.74) is 4.31. The summed E-state index contributed by atoms with van der Waals surface area (Å²) in [6.07, 6.45) is 0. The Balaban J connectivity index is 2.41. The summed E-state index contributed by atoms with van der Waals surface area (Å²) >= 11 is 5.97. The summed E-state index contributed by atoms with van der Waals surface area (Å²) in [5.74, 6) is -2.96. The third-order valence-electron chi connectivity index (χ3n) is 3.43. The van der Waals surface area contributed by atoms with Gasteiger partial charge in [-0.05, 0) is 12.1 Å². The average Bonchev–Trinajstić information content (AvgIpc) is 2.77. The Hall–Kier alpha value is -2.87. The van der Waals surface area contributed by atoms with Crippen LogP contribution in [0.5, 0.6) is 5.75 Å². The summed E-state index contributed by atoms with van der Waals surface area (Å²) in [7, 11) is 1.25. The number of nitrogens with two attached hydrogens (primary N) is 1. The number of ether oxygens (including phenoxy) is 1. The molecule has 0 unspecified atom stereocenters. The second kappa shape index (κ2) is 5.10. The molecule has 2 heterocycles. The van der Waals surface area contributed by atoms with Crippen LogP contribution in [-0.4, -0.2) is 23.5 Å². The van der Waals surface area contributed by atoms with Crippen molar-refractivity contribution >= 4 is 29.2 Å². The van der Waals surface area contributed by atoms with Gasteiger partial charge in [0.15, 0.2) is 11.6 Å². The molecule has 7 nitrogen and oxygen atoms in total. The highest BCUT2D eigenvalue weighted by atomic mass is 35.5. The normalized spacial score (nSPS) is 13.0. The Morgan fingerprint density at radius 1 is 1.26 bits per heavy atom. The number of benzene rings is 1. The van der Waals surface area contributed by atoms with E-state index in [1.807, 2.05) is 5.32 Å². The number of carbonyl (C=O) groups is 2. The van der Waals surface area contributed by atoms with Crippen molar-refractivity contribution in [3.63, 3.8) is 0 Å². The molecule has 3 rings (SSSR count). The number of fused-ring (bicyclic) bond motifs is 1. The smallest absolute Gasteiger partial charge is 0.262 e. The molecule has 1 aromatic carbocycles. The molecule has 0 bridgehead atoms. The van der Waals surface area contributed by atoms with Crippen LogP contribution in [0.3, 0.4) is 0 Å². The minimum Gasteiger partial charge on any atom is -0.494 e. The predicted molar refractivity (Wildman–Crippen MR) is 79.8 cm³/mol. The first-order valence-electron chi connectivity index (χ1n) is 6.30. The number of imide groups is 1. The Kier molecular flexibility index (Phi) is 3.33. The van der Waals surface area contributed by atoms with E-state index in [1.165, 1.54) is 19.2 Å². The summed E-state index contributed by atoms with van der Waals surface area (Å²) < 4.78 is 20.1. The van der Waals surface area contributed by atoms with Gasteiger partial charge in [-0.25, -0.2) is 4.39 Å². The van der Waals surface area contributed by atoms with Crippen molar-refractivity contribution in [2.75, 3.05) is 12.8 Å². The number of aromatic nitrogens is 1. The van der Waals surface area contributed by atoms with E-state index >= 15 is 0 Å². The highest BCUT2D eigenvalue weighted by Gasteiger charge is 2.33. The maximum atomic E-state index is 14.5. The topological polar surface area (TPSA) is 103 Å². The summed E-state index contributed by atoms with van der Waals surface area (Å²) in [4.78, 5) is 35.7. The molecule has 9 heteroatoms. The van der Waals surface area contributed by atoms with E-state index in [0.717, 1.165) is 10.6 Å². The maximum Gasteiger partial charge on any atom is 0.262 e. The maximum absolute atomic E-state index is 14.5. The highest BCUT2D eigenvalue weighted by molar-refractivity contribution is 6.32. The number of carbonyl (C=O) groups excluding carboxylic acids is 2. The lowest BCUT2D eigenvalue weighted by Gasteiger charge is -2.15. The van der Waals surface area contributed by atoms with Crippen molar-refractivity contribution in [3.05, 3.63) is 50.5 Å². The number of pyridine rings is 1. The van der Waals surface area contributed by atoms with E-state index in [1.54, 1.807) is 0 Å². The summed E-state index contributed by atoms with van der Waals surface area (Å²) in [6.45, 7) is 0. The second-order valence-corrected chi connectivity index (χ2v) is 5.09. The minimum atomic E-state index is -0.918. The van der Waals surface area contributed by atoms with Crippen molar-refractivity contribution in [2.45, 2.75) is 0 Å². The molecule has 0 fully saturated rings. The van der Waals surface area contributed by atoms with E-state index < -0.39 is 23.2 Å². The number of nitrogens with zero attached hydrogens (tertiary/aromatic N) is 1. The number of anilines is 1. The minimum absolute atomic E-state index is 0.109. The monoisotopic (exact) mass is 337 g/mol. The fourth-order valence-corrected chi connectivity index (χ4v) is 2.63. The quantitative estimate of drug-likeness (QED) is 0.799. The van der Waals surface area contributed by atoms with Gasteiger partial charge in [0.1, 0.15) is 11.5 Å². The lowest BCUT2D eigenvalue weighted by molar-refractivity contribution is 0.0880. The standard InChI is InChI=1S/C14H9ClFN3O4/c1-23-7-3-2-6(15)11(10(7)16)19-8(20)4-5-9(12(19)17)14(22)18-13(5)21/h2-4H,17H2,1H3,(H,18,21,22). The van der Waals surface area contributed by atoms with Crippen molar-refractivity contribution in [1.82, 2.24) is 9.88 Å². The number of nitrogens with one attached hydrogen (secondary N) is 1. The Morgan fingerprint density at radius 3 is 2.61 bits per heavy atom. The van der Waals surface area contributed by atoms with Crippen LogP contribution in [-0.2, 0) is 0 Å². The van der Waals surface area contributed by atoms with E-state index in [-0.39, 0.29) is 33.4 Å². The van der Waals surface area contributed by atoms with E-state index in [4.69, 9.17) is 22.1 Å². The highest BCUT2D eigenvalue weighted by Crippen LogP contribution is 2.32. The van der Waals surface area contributed by atoms with Gasteiger partial charge in [-0.1, -0.05) is 11.6 Å². The van der Waals surface area contributed by atoms with Crippen LogP contribution in [0.15, 0.2) is 23.0 Å². The van der Waals surface area contributed by atoms with Crippen LogP contribution in [0.25, 0.3) is 5.69 Å². The number of amides is 2. The van der Waals surface area contributed by atoms with Gasteiger partial charge in [0.05, 0.1) is 23.3 Å². The lowest BCUT2D eigenvalue weighted by atomic mass is 10.1. The molecule has 3 N–H and O–H groups in total.